The van der Waals surface area contributed by atoms with Crippen molar-refractivity contribution in [2.24, 2.45) is 11.7 Å². The van der Waals surface area contributed by atoms with E-state index in [0.717, 1.165) is 15.4 Å². The summed E-state index contributed by atoms with van der Waals surface area (Å²) in [6.07, 6.45) is 3.82. The van der Waals surface area contributed by atoms with Crippen LogP contribution in [0, 0.1) is 5.92 Å². The summed E-state index contributed by atoms with van der Waals surface area (Å²) in [7, 11) is 0. The van der Waals surface area contributed by atoms with Crippen LogP contribution in [0.3, 0.4) is 0 Å². The van der Waals surface area contributed by atoms with Gasteiger partial charge < -0.3 is 11.1 Å². The molecule has 0 aromatic heterocycles. The van der Waals surface area contributed by atoms with Crippen molar-refractivity contribution in [2.75, 3.05) is 6.54 Å². The minimum Gasteiger partial charge on any atom is -0.329 e. The zero-order valence-corrected chi connectivity index (χ0v) is 13.0. The normalized spacial score (nSPS) is 25.3. The first kappa shape index (κ1) is 14.3. The Labute approximate surface area is 122 Å². The molecule has 18 heavy (non-hydrogen) atoms. The van der Waals surface area contributed by atoms with Crippen molar-refractivity contribution in [3.8, 4) is 0 Å². The summed E-state index contributed by atoms with van der Waals surface area (Å²) in [4.78, 5) is 0. The van der Waals surface area contributed by atoms with Crippen molar-refractivity contribution < 1.29 is 0 Å². The molecule has 3 unspecified atom stereocenters. The molecule has 0 amide bonds. The van der Waals surface area contributed by atoms with Gasteiger partial charge in [0.2, 0.25) is 0 Å². The molecular formula is C14H20BrClN2. The molecule has 4 heteroatoms. The van der Waals surface area contributed by atoms with E-state index in [1.54, 1.807) is 0 Å². The van der Waals surface area contributed by atoms with Crippen molar-refractivity contribution in [3.05, 3.63) is 33.3 Å². The fourth-order valence-electron chi connectivity index (χ4n) is 2.67. The van der Waals surface area contributed by atoms with E-state index in [4.69, 9.17) is 17.3 Å². The second-order valence-corrected chi connectivity index (χ2v) is 6.51. The van der Waals surface area contributed by atoms with Gasteiger partial charge >= 0.3 is 0 Å². The second kappa shape index (κ2) is 6.38. The Morgan fingerprint density at radius 3 is 2.83 bits per heavy atom. The third kappa shape index (κ3) is 3.47. The van der Waals surface area contributed by atoms with E-state index in [9.17, 15) is 0 Å². The Morgan fingerprint density at radius 2 is 2.28 bits per heavy atom. The summed E-state index contributed by atoms with van der Waals surface area (Å²) < 4.78 is 0.929. The Hall–Kier alpha value is -0.0900. The summed E-state index contributed by atoms with van der Waals surface area (Å²) in [5.41, 5.74) is 7.06. The lowest BCUT2D eigenvalue weighted by Crippen LogP contribution is -2.35. The molecule has 0 saturated heterocycles. The first-order valence-corrected chi connectivity index (χ1v) is 7.68. The van der Waals surface area contributed by atoms with Crippen LogP contribution in [0.5, 0.6) is 0 Å². The molecule has 0 aliphatic heterocycles. The quantitative estimate of drug-likeness (QED) is 0.878. The van der Waals surface area contributed by atoms with Crippen LogP contribution in [0.1, 0.15) is 37.8 Å². The number of hydrogen-bond acceptors (Lipinski definition) is 2. The molecule has 1 aromatic carbocycles. The van der Waals surface area contributed by atoms with Crippen LogP contribution < -0.4 is 11.1 Å². The average Bonchev–Trinajstić information content (AvgIpc) is 2.75. The van der Waals surface area contributed by atoms with Crippen LogP contribution in [-0.2, 0) is 0 Å². The van der Waals surface area contributed by atoms with Crippen LogP contribution in [0.4, 0.5) is 0 Å². The third-order valence-corrected chi connectivity index (χ3v) is 4.95. The van der Waals surface area contributed by atoms with Gasteiger partial charge in [-0.25, -0.2) is 0 Å². The Bertz CT molecular complexity index is 411. The van der Waals surface area contributed by atoms with Gasteiger partial charge in [0.1, 0.15) is 0 Å². The lowest BCUT2D eigenvalue weighted by atomic mass is 10.1. The van der Waals surface area contributed by atoms with Gasteiger partial charge in [-0.3, -0.25) is 0 Å². The number of halogens is 2. The molecule has 2 rings (SSSR count). The fourth-order valence-corrected chi connectivity index (χ4v) is 3.11. The zero-order chi connectivity index (χ0) is 13.1. The molecular weight excluding hydrogens is 312 g/mol. The standard InChI is InChI=1S/C14H20BrClN2/c1-9-2-4-11(6-9)18-14(8-17)10-3-5-12(15)13(16)7-10/h3,5,7,9,11,14,18H,2,4,6,8,17H2,1H3. The van der Waals surface area contributed by atoms with E-state index in [-0.39, 0.29) is 6.04 Å². The third-order valence-electron chi connectivity index (χ3n) is 3.71. The predicted molar refractivity (Wildman–Crippen MR) is 80.9 cm³/mol. The zero-order valence-electron chi connectivity index (χ0n) is 10.6. The van der Waals surface area contributed by atoms with E-state index >= 15 is 0 Å². The van der Waals surface area contributed by atoms with E-state index in [1.807, 2.05) is 12.1 Å². The molecule has 1 saturated carbocycles. The van der Waals surface area contributed by atoms with Gasteiger partial charge in [0.15, 0.2) is 0 Å². The predicted octanol–water partition coefficient (Wildman–Crippen LogP) is 3.88. The largest absolute Gasteiger partial charge is 0.329 e. The number of hydrogen-bond donors (Lipinski definition) is 2. The molecule has 3 N–H and O–H groups in total. The van der Waals surface area contributed by atoms with E-state index < -0.39 is 0 Å². The molecule has 1 fully saturated rings. The molecule has 0 spiro atoms. The van der Waals surface area contributed by atoms with Gasteiger partial charge in [0.25, 0.3) is 0 Å². The van der Waals surface area contributed by atoms with Crippen LogP contribution in [0.25, 0.3) is 0 Å². The van der Waals surface area contributed by atoms with E-state index in [0.29, 0.717) is 12.6 Å². The van der Waals surface area contributed by atoms with Crippen LogP contribution in [0.15, 0.2) is 22.7 Å². The first-order valence-electron chi connectivity index (χ1n) is 6.51. The number of nitrogens with one attached hydrogen (secondary N) is 1. The van der Waals surface area contributed by atoms with Crippen LogP contribution in [-0.4, -0.2) is 12.6 Å². The summed E-state index contributed by atoms with van der Waals surface area (Å²) in [5.74, 6) is 0.828. The molecule has 100 valence electrons. The van der Waals surface area contributed by atoms with Crippen LogP contribution in [0.2, 0.25) is 5.02 Å². The lowest BCUT2D eigenvalue weighted by molar-refractivity contribution is 0.434. The van der Waals surface area contributed by atoms with Crippen molar-refractivity contribution in [2.45, 2.75) is 38.3 Å². The average molecular weight is 332 g/mol. The van der Waals surface area contributed by atoms with Crippen molar-refractivity contribution >= 4 is 27.5 Å². The SMILES string of the molecule is CC1CCC(NC(CN)c2ccc(Br)c(Cl)c2)C1. The molecule has 0 heterocycles. The highest BCUT2D eigenvalue weighted by atomic mass is 79.9. The maximum Gasteiger partial charge on any atom is 0.0551 e. The van der Waals surface area contributed by atoms with Crippen molar-refractivity contribution in [1.82, 2.24) is 5.32 Å². The van der Waals surface area contributed by atoms with Crippen molar-refractivity contribution in [3.63, 3.8) is 0 Å². The molecule has 1 aliphatic carbocycles. The van der Waals surface area contributed by atoms with Gasteiger partial charge in [0.05, 0.1) is 5.02 Å². The lowest BCUT2D eigenvalue weighted by Gasteiger charge is -2.22. The Kier molecular flexibility index (Phi) is 5.07. The molecule has 0 bridgehead atoms. The summed E-state index contributed by atoms with van der Waals surface area (Å²) >= 11 is 9.55. The second-order valence-electron chi connectivity index (χ2n) is 5.24. The molecule has 1 aromatic rings. The highest BCUT2D eigenvalue weighted by Gasteiger charge is 2.23. The Morgan fingerprint density at radius 1 is 1.50 bits per heavy atom. The molecule has 1 aliphatic rings. The van der Waals surface area contributed by atoms with Gasteiger partial charge in [-0.1, -0.05) is 24.6 Å². The maximum absolute atomic E-state index is 6.14. The fraction of sp³-hybridized carbons (Fsp3) is 0.571. The topological polar surface area (TPSA) is 38.0 Å². The van der Waals surface area contributed by atoms with Gasteiger partial charge in [-0.15, -0.1) is 0 Å². The minimum atomic E-state index is 0.200. The summed E-state index contributed by atoms with van der Waals surface area (Å²) in [5, 5.41) is 4.40. The van der Waals surface area contributed by atoms with Crippen molar-refractivity contribution in [1.29, 1.82) is 0 Å². The number of rotatable bonds is 4. The number of benzene rings is 1. The highest BCUT2D eigenvalue weighted by Crippen LogP contribution is 2.29. The summed E-state index contributed by atoms with van der Waals surface area (Å²) in [6.45, 7) is 2.92. The minimum absolute atomic E-state index is 0.200. The number of nitrogens with two attached hydrogens (primary N) is 1. The monoisotopic (exact) mass is 330 g/mol. The molecule has 0 radical (unpaired) electrons. The highest BCUT2D eigenvalue weighted by molar-refractivity contribution is 9.10. The molecule has 3 atom stereocenters. The Balaban J connectivity index is 2.05. The van der Waals surface area contributed by atoms with Gasteiger partial charge in [-0.05, 0) is 58.8 Å². The summed E-state index contributed by atoms with van der Waals surface area (Å²) in [6, 6.07) is 6.86. The van der Waals surface area contributed by atoms with Gasteiger partial charge in [-0.2, -0.15) is 0 Å². The van der Waals surface area contributed by atoms with Gasteiger partial charge in [0, 0.05) is 23.1 Å². The maximum atomic E-state index is 6.14. The first-order chi connectivity index (χ1) is 8.60. The van der Waals surface area contributed by atoms with Crippen LogP contribution >= 0.6 is 27.5 Å². The molecule has 2 nitrogen and oxygen atoms in total. The smallest absolute Gasteiger partial charge is 0.0551 e. The van der Waals surface area contributed by atoms with E-state index in [2.05, 4.69) is 34.2 Å². The van der Waals surface area contributed by atoms with E-state index in [1.165, 1.54) is 24.8 Å².